The smallest absolute Gasteiger partial charge is 0.227 e. The number of carbonyl (C=O) groups excluding carboxylic acids is 2. The second kappa shape index (κ2) is 16.6. The number of Topliss-reactive ketones (excluding diaryl/α,β-unsaturated/α-hetero) is 1. The number of hydrogen-bond donors (Lipinski definition) is 1. The molecule has 150 valence electrons. The van der Waals surface area contributed by atoms with Crippen molar-refractivity contribution < 1.29 is 23.1 Å². The summed E-state index contributed by atoms with van der Waals surface area (Å²) in [5.74, 6) is -1.77. The van der Waals surface area contributed by atoms with Gasteiger partial charge in [-0.15, -0.1) is 0 Å². The zero-order valence-electron chi connectivity index (χ0n) is 16.8. The van der Waals surface area contributed by atoms with Crippen LogP contribution in [0.3, 0.4) is 0 Å². The van der Waals surface area contributed by atoms with Crippen LogP contribution in [0.4, 0.5) is 8.78 Å². The number of halogens is 2. The van der Waals surface area contributed by atoms with Crippen LogP contribution in [-0.4, -0.2) is 24.9 Å². The molecule has 6 heteroatoms. The van der Waals surface area contributed by atoms with E-state index in [0.717, 1.165) is 18.6 Å². The molecule has 1 N–H and O–H groups in total. The van der Waals surface area contributed by atoms with Gasteiger partial charge in [-0.3, -0.25) is 9.59 Å². The van der Waals surface area contributed by atoms with Crippen molar-refractivity contribution >= 4 is 11.7 Å². The summed E-state index contributed by atoms with van der Waals surface area (Å²) in [6.45, 7) is 12.4. The van der Waals surface area contributed by atoms with Crippen LogP contribution in [0.5, 0.6) is 0 Å². The molecule has 1 aromatic carbocycles. The maximum Gasteiger partial charge on any atom is 0.227 e. The van der Waals surface area contributed by atoms with Crippen LogP contribution >= 0.6 is 0 Å². The number of amides is 1. The molecule has 0 bridgehead atoms. The van der Waals surface area contributed by atoms with E-state index in [4.69, 9.17) is 4.74 Å². The van der Waals surface area contributed by atoms with Gasteiger partial charge in [0.1, 0.15) is 18.2 Å². The highest BCUT2D eigenvalue weighted by atomic mass is 19.1. The normalized spacial score (nSPS) is 9.58. The lowest BCUT2D eigenvalue weighted by atomic mass is 10.1. The summed E-state index contributed by atoms with van der Waals surface area (Å²) in [7, 11) is 0. The molecule has 0 fully saturated rings. The van der Waals surface area contributed by atoms with Crippen molar-refractivity contribution in [1.29, 1.82) is 0 Å². The number of nitrogens with one attached hydrogen (secondary N) is 1. The average Bonchev–Trinajstić information content (AvgIpc) is 2.61. The molecule has 0 radical (unpaired) electrons. The van der Waals surface area contributed by atoms with E-state index in [-0.39, 0.29) is 30.9 Å². The van der Waals surface area contributed by atoms with Gasteiger partial charge in [0.15, 0.2) is 5.78 Å². The molecule has 0 spiro atoms. The summed E-state index contributed by atoms with van der Waals surface area (Å²) in [5, 5.41) is 2.42. The molecule has 0 aromatic heterocycles. The van der Waals surface area contributed by atoms with Gasteiger partial charge in [-0.1, -0.05) is 47.6 Å². The van der Waals surface area contributed by atoms with E-state index in [2.05, 4.69) is 5.32 Å². The Hall–Kier alpha value is -1.82. The van der Waals surface area contributed by atoms with Gasteiger partial charge in [0, 0.05) is 24.8 Å². The van der Waals surface area contributed by atoms with E-state index in [0.29, 0.717) is 12.5 Å². The molecule has 1 rings (SSSR count). The van der Waals surface area contributed by atoms with Gasteiger partial charge in [0.25, 0.3) is 0 Å². The van der Waals surface area contributed by atoms with Crippen molar-refractivity contribution in [2.24, 2.45) is 5.92 Å². The maximum atomic E-state index is 13.4. The van der Waals surface area contributed by atoms with Crippen LogP contribution in [0.2, 0.25) is 0 Å². The average molecular weight is 373 g/mol. The fourth-order valence-electron chi connectivity index (χ4n) is 1.66. The standard InChI is InChI=1S/C16H21F2NO3.2C2H6/c1-11(2)5-6-22-10-14(20)8-16(21)19-9-12-3-4-13(17)7-15(12)18;2*1-2/h3-4,7,11H,5-6,8-10H2,1-2H3,(H,19,21);2*1-2H3. The first kappa shape index (κ1) is 26.4. The molecule has 0 atom stereocenters. The van der Waals surface area contributed by atoms with Crippen molar-refractivity contribution in [2.75, 3.05) is 13.2 Å². The molecule has 26 heavy (non-hydrogen) atoms. The fourth-order valence-corrected chi connectivity index (χ4v) is 1.66. The van der Waals surface area contributed by atoms with Crippen LogP contribution in [0.1, 0.15) is 59.9 Å². The molecule has 1 aromatic rings. The monoisotopic (exact) mass is 373 g/mol. The Morgan fingerprint density at radius 3 is 2.27 bits per heavy atom. The summed E-state index contributed by atoms with van der Waals surface area (Å²) in [6, 6.07) is 3.11. The van der Waals surface area contributed by atoms with E-state index in [1.807, 2.05) is 41.5 Å². The Balaban J connectivity index is 0. The van der Waals surface area contributed by atoms with Gasteiger partial charge in [-0.2, -0.15) is 0 Å². The minimum atomic E-state index is -0.733. The number of benzene rings is 1. The molecule has 0 saturated heterocycles. The van der Waals surface area contributed by atoms with Crippen LogP contribution < -0.4 is 5.32 Å². The van der Waals surface area contributed by atoms with Crippen LogP contribution in [0.15, 0.2) is 18.2 Å². The molecule has 0 aliphatic rings. The predicted molar refractivity (Wildman–Crippen MR) is 101 cm³/mol. The Labute approximate surface area is 156 Å². The van der Waals surface area contributed by atoms with Crippen molar-refractivity contribution in [1.82, 2.24) is 5.32 Å². The number of ketones is 1. The third kappa shape index (κ3) is 13.5. The van der Waals surface area contributed by atoms with Crippen LogP contribution in [0.25, 0.3) is 0 Å². The summed E-state index contributed by atoms with van der Waals surface area (Å²) >= 11 is 0. The molecule has 4 nitrogen and oxygen atoms in total. The Bertz CT molecular complexity index is 520. The van der Waals surface area contributed by atoms with Gasteiger partial charge in [-0.05, 0) is 18.4 Å². The summed E-state index contributed by atoms with van der Waals surface area (Å²) in [4.78, 5) is 23.1. The van der Waals surface area contributed by atoms with Gasteiger partial charge >= 0.3 is 0 Å². The number of carbonyl (C=O) groups is 2. The topological polar surface area (TPSA) is 55.4 Å². The highest BCUT2D eigenvalue weighted by Crippen LogP contribution is 2.09. The van der Waals surface area contributed by atoms with Gasteiger partial charge in [0.2, 0.25) is 5.91 Å². The maximum absolute atomic E-state index is 13.4. The molecular formula is C20H33F2NO3. The first-order valence-corrected chi connectivity index (χ1v) is 9.18. The van der Waals surface area contributed by atoms with E-state index >= 15 is 0 Å². The number of ether oxygens (including phenoxy) is 1. The Morgan fingerprint density at radius 1 is 1.12 bits per heavy atom. The SMILES string of the molecule is CC.CC.CC(C)CCOCC(=O)CC(=O)NCc1ccc(F)cc1F. The Kier molecular flexibility index (Phi) is 16.9. The minimum absolute atomic E-state index is 0.0908. The molecule has 0 heterocycles. The first-order chi connectivity index (χ1) is 12.4. The lowest BCUT2D eigenvalue weighted by Gasteiger charge is -2.07. The summed E-state index contributed by atoms with van der Waals surface area (Å²) in [5.41, 5.74) is 0.162. The second-order valence-corrected chi connectivity index (χ2v) is 5.46. The summed E-state index contributed by atoms with van der Waals surface area (Å²) < 4.78 is 31.3. The van der Waals surface area contributed by atoms with Crippen molar-refractivity contribution in [2.45, 2.75) is 60.9 Å². The third-order valence-corrected chi connectivity index (χ3v) is 2.95. The molecule has 0 unspecified atom stereocenters. The van der Waals surface area contributed by atoms with Gasteiger partial charge in [0.05, 0.1) is 6.42 Å². The molecule has 0 saturated carbocycles. The zero-order valence-corrected chi connectivity index (χ0v) is 16.8. The zero-order chi connectivity index (χ0) is 20.5. The second-order valence-electron chi connectivity index (χ2n) is 5.46. The third-order valence-electron chi connectivity index (χ3n) is 2.95. The molecule has 1 amide bonds. The van der Waals surface area contributed by atoms with Crippen molar-refractivity contribution in [3.63, 3.8) is 0 Å². The lowest BCUT2D eigenvalue weighted by Crippen LogP contribution is -2.27. The molecular weight excluding hydrogens is 340 g/mol. The quantitative estimate of drug-likeness (QED) is 0.506. The number of rotatable bonds is 9. The molecule has 0 aliphatic heterocycles. The van der Waals surface area contributed by atoms with Crippen molar-refractivity contribution in [3.05, 3.63) is 35.4 Å². The van der Waals surface area contributed by atoms with E-state index < -0.39 is 17.5 Å². The van der Waals surface area contributed by atoms with Gasteiger partial charge in [-0.25, -0.2) is 8.78 Å². The van der Waals surface area contributed by atoms with Crippen LogP contribution in [-0.2, 0) is 20.9 Å². The largest absolute Gasteiger partial charge is 0.374 e. The highest BCUT2D eigenvalue weighted by Gasteiger charge is 2.11. The first-order valence-electron chi connectivity index (χ1n) is 9.18. The predicted octanol–water partition coefficient (Wildman–Crippen LogP) is 4.66. The Morgan fingerprint density at radius 2 is 1.73 bits per heavy atom. The van der Waals surface area contributed by atoms with Crippen molar-refractivity contribution in [3.8, 4) is 0 Å². The molecule has 0 aliphatic carbocycles. The van der Waals surface area contributed by atoms with E-state index in [1.165, 1.54) is 6.07 Å². The fraction of sp³-hybridized carbons (Fsp3) is 0.600. The lowest BCUT2D eigenvalue weighted by molar-refractivity contribution is -0.130. The van der Waals surface area contributed by atoms with Gasteiger partial charge < -0.3 is 10.1 Å². The van der Waals surface area contributed by atoms with E-state index in [1.54, 1.807) is 0 Å². The highest BCUT2D eigenvalue weighted by molar-refractivity contribution is 5.98. The van der Waals surface area contributed by atoms with Crippen LogP contribution in [0, 0.1) is 17.6 Å². The minimum Gasteiger partial charge on any atom is -0.374 e. The number of hydrogen-bond acceptors (Lipinski definition) is 3. The van der Waals surface area contributed by atoms with E-state index in [9.17, 15) is 18.4 Å². The summed E-state index contributed by atoms with van der Waals surface area (Å²) in [6.07, 6.45) is 0.536.